The Kier molecular flexibility index (Phi) is 4.64. The molecule has 0 aliphatic carbocycles. The van der Waals surface area contributed by atoms with Crippen LogP contribution in [0.1, 0.15) is 5.56 Å². The van der Waals surface area contributed by atoms with Gasteiger partial charge in [0.1, 0.15) is 23.1 Å². The maximum atomic E-state index is 13.3. The van der Waals surface area contributed by atoms with E-state index in [1.54, 1.807) is 25.3 Å². The van der Waals surface area contributed by atoms with E-state index < -0.39 is 5.82 Å². The number of nitrogens with zero attached hydrogens (tertiary/aromatic N) is 1. The van der Waals surface area contributed by atoms with Gasteiger partial charge in [-0.2, -0.15) is 0 Å². The monoisotopic (exact) mass is 354 g/mol. The highest BCUT2D eigenvalue weighted by atomic mass is 79.9. The number of nitrogens with two attached hydrogens (primary N) is 1. The van der Waals surface area contributed by atoms with Crippen molar-refractivity contribution in [3.63, 3.8) is 0 Å². The Balaban J connectivity index is 2.40. The van der Waals surface area contributed by atoms with E-state index in [2.05, 4.69) is 21.1 Å². The molecule has 0 aliphatic heterocycles. The maximum absolute atomic E-state index is 13.3. The second-order valence-electron chi connectivity index (χ2n) is 4.02. The van der Waals surface area contributed by atoms with Crippen LogP contribution in [0.4, 0.5) is 4.39 Å². The largest absolute Gasteiger partial charge is 0.497 e. The lowest BCUT2D eigenvalue weighted by atomic mass is 10.2. The summed E-state index contributed by atoms with van der Waals surface area (Å²) in [4.78, 5) is 0. The van der Waals surface area contributed by atoms with Crippen LogP contribution in [0.2, 0.25) is 0 Å². The fourth-order valence-corrected chi connectivity index (χ4v) is 2.09. The van der Waals surface area contributed by atoms with Crippen LogP contribution in [-0.2, 0) is 0 Å². The van der Waals surface area contributed by atoms with Crippen LogP contribution in [0.25, 0.3) is 0 Å². The number of methoxy groups -OCH3 is 1. The zero-order valence-corrected chi connectivity index (χ0v) is 12.6. The molecule has 0 heterocycles. The second-order valence-corrected chi connectivity index (χ2v) is 4.88. The first-order chi connectivity index (χ1) is 10.0. The van der Waals surface area contributed by atoms with Crippen molar-refractivity contribution >= 4 is 21.8 Å². The van der Waals surface area contributed by atoms with Crippen LogP contribution in [0.15, 0.2) is 46.0 Å². The molecule has 0 atom stereocenters. The van der Waals surface area contributed by atoms with Crippen LogP contribution in [0, 0.1) is 5.82 Å². The summed E-state index contributed by atoms with van der Waals surface area (Å²) >= 11 is 3.35. The minimum atomic E-state index is -0.516. The Morgan fingerprint density at radius 2 is 1.95 bits per heavy atom. The third kappa shape index (κ3) is 3.43. The zero-order chi connectivity index (χ0) is 15.4. The predicted molar refractivity (Wildman–Crippen MR) is 79.7 cm³/mol. The summed E-state index contributed by atoms with van der Waals surface area (Å²) in [5.41, 5.74) is 5.68. The average Bonchev–Trinajstić information content (AvgIpc) is 2.49. The molecular weight excluding hydrogens is 343 g/mol. The van der Waals surface area contributed by atoms with Crippen molar-refractivity contribution in [2.45, 2.75) is 0 Å². The Bertz CT molecular complexity index is 692. The van der Waals surface area contributed by atoms with Crippen LogP contribution in [0.5, 0.6) is 17.2 Å². The van der Waals surface area contributed by atoms with Crippen LogP contribution < -0.4 is 15.2 Å². The topological polar surface area (TPSA) is 77.1 Å². The lowest BCUT2D eigenvalue weighted by Crippen LogP contribution is -2.14. The SMILES string of the molecule is COc1ccc(Oc2ccc(F)cc2/C(N)=N/O)c(Br)c1. The molecule has 2 aromatic rings. The minimum absolute atomic E-state index is 0.153. The molecular formula is C14H12BrFN2O3. The lowest BCUT2D eigenvalue weighted by molar-refractivity contribution is 0.318. The molecule has 21 heavy (non-hydrogen) atoms. The predicted octanol–water partition coefficient (Wildman–Crippen LogP) is 3.48. The molecule has 0 aliphatic rings. The first-order valence-electron chi connectivity index (χ1n) is 5.84. The molecule has 3 N–H and O–H groups in total. The normalized spacial score (nSPS) is 11.3. The van der Waals surface area contributed by atoms with Gasteiger partial charge in [0.2, 0.25) is 0 Å². The number of hydrogen-bond acceptors (Lipinski definition) is 4. The maximum Gasteiger partial charge on any atom is 0.173 e. The van der Waals surface area contributed by atoms with Gasteiger partial charge in [0.15, 0.2) is 5.84 Å². The standard InChI is InChI=1S/C14H12BrFN2O3/c1-20-9-3-5-13(11(15)7-9)21-12-4-2-8(16)6-10(12)14(17)18-19/h2-7,19H,1H3,(H2,17,18). The summed E-state index contributed by atoms with van der Waals surface area (Å²) in [5.74, 6) is 0.642. The third-order valence-electron chi connectivity index (χ3n) is 2.68. The van der Waals surface area contributed by atoms with Crippen LogP contribution in [0.3, 0.4) is 0 Å². The average molecular weight is 355 g/mol. The van der Waals surface area contributed by atoms with E-state index in [-0.39, 0.29) is 17.1 Å². The molecule has 0 spiro atoms. The van der Waals surface area contributed by atoms with E-state index in [0.717, 1.165) is 6.07 Å². The fourth-order valence-electron chi connectivity index (χ4n) is 1.66. The van der Waals surface area contributed by atoms with Crippen LogP contribution in [-0.4, -0.2) is 18.2 Å². The number of rotatable bonds is 4. The number of oxime groups is 1. The van der Waals surface area contributed by atoms with Crippen molar-refractivity contribution in [1.29, 1.82) is 0 Å². The Morgan fingerprint density at radius 1 is 1.24 bits per heavy atom. The summed E-state index contributed by atoms with van der Waals surface area (Å²) in [7, 11) is 1.55. The summed E-state index contributed by atoms with van der Waals surface area (Å²) < 4.78 is 24.7. The molecule has 0 unspecified atom stereocenters. The number of halogens is 2. The molecule has 0 saturated heterocycles. The van der Waals surface area contributed by atoms with Gasteiger partial charge >= 0.3 is 0 Å². The molecule has 0 aromatic heterocycles. The van der Waals surface area contributed by atoms with Gasteiger partial charge in [0, 0.05) is 0 Å². The number of amidine groups is 1. The van der Waals surface area contributed by atoms with Gasteiger partial charge < -0.3 is 20.4 Å². The number of hydrogen-bond donors (Lipinski definition) is 2. The van der Waals surface area contributed by atoms with Gasteiger partial charge in [-0.15, -0.1) is 0 Å². The summed E-state index contributed by atoms with van der Waals surface area (Å²) in [6.45, 7) is 0. The Labute approximate surface area is 128 Å². The van der Waals surface area contributed by atoms with E-state index in [1.807, 2.05) is 0 Å². The molecule has 0 amide bonds. The summed E-state index contributed by atoms with van der Waals surface area (Å²) in [5, 5.41) is 11.6. The Hall–Kier alpha value is -2.28. The Morgan fingerprint density at radius 3 is 2.57 bits per heavy atom. The number of ether oxygens (including phenoxy) is 2. The van der Waals surface area contributed by atoms with Crippen molar-refractivity contribution in [3.05, 3.63) is 52.3 Å². The summed E-state index contributed by atoms with van der Waals surface area (Å²) in [6, 6.07) is 8.87. The van der Waals surface area contributed by atoms with Crippen molar-refractivity contribution in [1.82, 2.24) is 0 Å². The van der Waals surface area contributed by atoms with Crippen molar-refractivity contribution in [3.8, 4) is 17.2 Å². The van der Waals surface area contributed by atoms with Gasteiger partial charge in [0.05, 0.1) is 17.1 Å². The van der Waals surface area contributed by atoms with Gasteiger partial charge in [-0.05, 0) is 52.3 Å². The smallest absolute Gasteiger partial charge is 0.173 e. The van der Waals surface area contributed by atoms with Gasteiger partial charge in [-0.1, -0.05) is 5.16 Å². The van der Waals surface area contributed by atoms with Crippen molar-refractivity contribution < 1.29 is 19.1 Å². The molecule has 0 radical (unpaired) electrons. The van der Waals surface area contributed by atoms with Gasteiger partial charge in [-0.25, -0.2) is 4.39 Å². The second kappa shape index (κ2) is 6.45. The number of benzene rings is 2. The molecule has 0 fully saturated rings. The first-order valence-corrected chi connectivity index (χ1v) is 6.63. The third-order valence-corrected chi connectivity index (χ3v) is 3.30. The highest BCUT2D eigenvalue weighted by Gasteiger charge is 2.12. The van der Waals surface area contributed by atoms with Crippen LogP contribution >= 0.6 is 15.9 Å². The van der Waals surface area contributed by atoms with Crippen molar-refractivity contribution in [2.24, 2.45) is 10.9 Å². The van der Waals surface area contributed by atoms with E-state index in [4.69, 9.17) is 20.4 Å². The molecule has 7 heteroatoms. The molecule has 2 rings (SSSR count). The molecule has 5 nitrogen and oxygen atoms in total. The van der Waals surface area contributed by atoms with Gasteiger partial charge in [0.25, 0.3) is 0 Å². The molecule has 110 valence electrons. The molecule has 0 saturated carbocycles. The zero-order valence-electron chi connectivity index (χ0n) is 11.0. The first kappa shape index (κ1) is 15.1. The highest BCUT2D eigenvalue weighted by Crippen LogP contribution is 2.34. The fraction of sp³-hybridized carbons (Fsp3) is 0.0714. The molecule has 2 aromatic carbocycles. The minimum Gasteiger partial charge on any atom is -0.497 e. The highest BCUT2D eigenvalue weighted by molar-refractivity contribution is 9.10. The van der Waals surface area contributed by atoms with E-state index in [9.17, 15) is 4.39 Å². The van der Waals surface area contributed by atoms with E-state index in [1.165, 1.54) is 12.1 Å². The molecule has 0 bridgehead atoms. The van der Waals surface area contributed by atoms with Gasteiger partial charge in [-0.3, -0.25) is 0 Å². The quantitative estimate of drug-likeness (QED) is 0.381. The van der Waals surface area contributed by atoms with E-state index in [0.29, 0.717) is 16.0 Å². The van der Waals surface area contributed by atoms with E-state index >= 15 is 0 Å². The van der Waals surface area contributed by atoms with Crippen molar-refractivity contribution in [2.75, 3.05) is 7.11 Å². The summed E-state index contributed by atoms with van der Waals surface area (Å²) in [6.07, 6.45) is 0. The lowest BCUT2D eigenvalue weighted by Gasteiger charge is -2.12.